The maximum atomic E-state index is 14.4. The fourth-order valence-electron chi connectivity index (χ4n) is 9.29. The fourth-order valence-corrected chi connectivity index (χ4v) is 10.4. The summed E-state index contributed by atoms with van der Waals surface area (Å²) in [6.07, 6.45) is 7.55. The van der Waals surface area contributed by atoms with Crippen molar-refractivity contribution in [3.8, 4) is 0 Å². The van der Waals surface area contributed by atoms with Crippen LogP contribution in [0.3, 0.4) is 0 Å². The van der Waals surface area contributed by atoms with Gasteiger partial charge in [-0.2, -0.15) is 0 Å². The maximum absolute atomic E-state index is 14.4. The Bertz CT molecular complexity index is 1380. The van der Waals surface area contributed by atoms with Gasteiger partial charge in [0, 0.05) is 95.3 Å². The lowest BCUT2D eigenvalue weighted by molar-refractivity contribution is -0.146. The molecule has 5 saturated heterocycles. The van der Waals surface area contributed by atoms with Crippen molar-refractivity contribution in [2.45, 2.75) is 108 Å². The quantitative estimate of drug-likeness (QED) is 0.481. The van der Waals surface area contributed by atoms with E-state index >= 15 is 0 Å². The van der Waals surface area contributed by atoms with Gasteiger partial charge in [0.25, 0.3) is 0 Å². The number of carbonyl (C=O) groups is 4. The van der Waals surface area contributed by atoms with Crippen LogP contribution in [0.15, 0.2) is 0 Å². The topological polar surface area (TPSA) is 125 Å². The number of rotatable bonds is 6. The molecule has 8 heterocycles. The average molecular weight is 699 g/mol. The fraction of sp³-hybridized carbons (Fsp3) is 0.806. The molecule has 0 radical (unpaired) electrons. The summed E-state index contributed by atoms with van der Waals surface area (Å²) in [5, 5.41) is 4.84. The van der Waals surface area contributed by atoms with Crippen LogP contribution in [-0.4, -0.2) is 139 Å². The highest BCUT2D eigenvalue weighted by molar-refractivity contribution is 7.11. The van der Waals surface area contributed by atoms with Crippen molar-refractivity contribution in [1.29, 1.82) is 0 Å². The molecule has 0 saturated carbocycles. The summed E-state index contributed by atoms with van der Waals surface area (Å²) in [7, 11) is 1.68. The van der Waals surface area contributed by atoms with Crippen LogP contribution in [0.4, 0.5) is 0 Å². The lowest BCUT2D eigenvalue weighted by Gasteiger charge is -2.40. The molecule has 6 bridgehead atoms. The van der Waals surface area contributed by atoms with E-state index in [1.807, 2.05) is 19.6 Å². The molecule has 0 aromatic carbocycles. The molecule has 1 aromatic rings. The summed E-state index contributed by atoms with van der Waals surface area (Å²) in [5.41, 5.74) is 0.847. The van der Waals surface area contributed by atoms with Gasteiger partial charge in [0.15, 0.2) is 0 Å². The zero-order chi connectivity index (χ0) is 34.1. The number of ether oxygens (including phenoxy) is 2. The minimum atomic E-state index is -0.508. The number of amides is 4. The minimum Gasteiger partial charge on any atom is -0.383 e. The van der Waals surface area contributed by atoms with E-state index in [2.05, 4.69) is 12.2 Å². The van der Waals surface area contributed by atoms with Crippen molar-refractivity contribution < 1.29 is 28.7 Å². The first-order valence-electron chi connectivity index (χ1n) is 18.7. The first-order chi connectivity index (χ1) is 23.8. The van der Waals surface area contributed by atoms with Crippen LogP contribution in [0.2, 0.25) is 0 Å². The number of thiazole rings is 1. The normalized spacial score (nSPS) is 31.8. The number of aryl methyl sites for hydroxylation is 1. The predicted molar refractivity (Wildman–Crippen MR) is 184 cm³/mol. The van der Waals surface area contributed by atoms with E-state index in [-0.39, 0.29) is 66.3 Å². The van der Waals surface area contributed by atoms with Gasteiger partial charge in [0.05, 0.1) is 29.8 Å². The number of methoxy groups -OCH3 is 1. The summed E-state index contributed by atoms with van der Waals surface area (Å²) in [6.45, 7) is 7.56. The highest BCUT2D eigenvalue weighted by atomic mass is 32.1. The van der Waals surface area contributed by atoms with E-state index in [4.69, 9.17) is 14.5 Å². The Morgan fingerprint density at radius 3 is 2.51 bits per heavy atom. The van der Waals surface area contributed by atoms with E-state index in [0.717, 1.165) is 73.9 Å². The van der Waals surface area contributed by atoms with Gasteiger partial charge in [-0.05, 0) is 70.1 Å². The molecule has 5 atom stereocenters. The van der Waals surface area contributed by atoms with Gasteiger partial charge < -0.3 is 34.4 Å². The van der Waals surface area contributed by atoms with Crippen LogP contribution in [0, 0.1) is 18.8 Å². The summed E-state index contributed by atoms with van der Waals surface area (Å²) in [5.74, 6) is 0.243. The van der Waals surface area contributed by atoms with Crippen molar-refractivity contribution >= 4 is 35.0 Å². The zero-order valence-electron chi connectivity index (χ0n) is 29.3. The van der Waals surface area contributed by atoms with Gasteiger partial charge in [-0.25, -0.2) is 4.98 Å². The number of piperidine rings is 2. The third-order valence-corrected chi connectivity index (χ3v) is 13.3. The molecule has 4 amide bonds. The number of aromatic nitrogens is 1. The molecule has 5 fully saturated rings. The Labute approximate surface area is 294 Å². The van der Waals surface area contributed by atoms with Crippen LogP contribution in [-0.2, 0) is 35.1 Å². The van der Waals surface area contributed by atoms with Crippen LogP contribution < -0.4 is 5.32 Å². The Balaban J connectivity index is 1.15. The van der Waals surface area contributed by atoms with E-state index in [0.29, 0.717) is 64.6 Å². The molecule has 7 aliphatic rings. The molecule has 0 spiro atoms. The second kappa shape index (κ2) is 15.3. The highest BCUT2D eigenvalue weighted by Gasteiger charge is 2.45. The largest absolute Gasteiger partial charge is 0.383 e. The first kappa shape index (κ1) is 34.8. The lowest BCUT2D eigenvalue weighted by atomic mass is 9.80. The summed E-state index contributed by atoms with van der Waals surface area (Å²) in [4.78, 5) is 70.0. The van der Waals surface area contributed by atoms with Crippen molar-refractivity contribution in [2.75, 3.05) is 66.2 Å². The van der Waals surface area contributed by atoms with Crippen LogP contribution in [0.1, 0.15) is 85.7 Å². The van der Waals surface area contributed by atoms with Gasteiger partial charge in [-0.1, -0.05) is 0 Å². The second-order valence-corrected chi connectivity index (χ2v) is 16.5. The van der Waals surface area contributed by atoms with Gasteiger partial charge in [-0.3, -0.25) is 19.2 Å². The summed E-state index contributed by atoms with van der Waals surface area (Å²) < 4.78 is 11.0. The van der Waals surface area contributed by atoms with Gasteiger partial charge in [0.2, 0.25) is 23.6 Å². The van der Waals surface area contributed by atoms with Crippen LogP contribution >= 0.6 is 11.3 Å². The monoisotopic (exact) mass is 698 g/mol. The number of likely N-dealkylation sites (tertiary alicyclic amines) is 1. The van der Waals surface area contributed by atoms with Crippen molar-refractivity contribution in [1.82, 2.24) is 29.9 Å². The van der Waals surface area contributed by atoms with Gasteiger partial charge >= 0.3 is 0 Å². The molecule has 7 aliphatic heterocycles. The summed E-state index contributed by atoms with van der Waals surface area (Å²) in [6, 6.07) is -0.0599. The smallest absolute Gasteiger partial charge is 0.245 e. The second-order valence-electron chi connectivity index (χ2n) is 15.3. The molecule has 12 nitrogen and oxygen atoms in total. The van der Waals surface area contributed by atoms with E-state index in [9.17, 15) is 19.2 Å². The van der Waals surface area contributed by atoms with Crippen LogP contribution in [0.5, 0.6) is 0 Å². The van der Waals surface area contributed by atoms with Crippen molar-refractivity contribution in [2.24, 2.45) is 11.8 Å². The summed E-state index contributed by atoms with van der Waals surface area (Å²) >= 11 is 1.69. The predicted octanol–water partition coefficient (Wildman–Crippen LogP) is 2.33. The third kappa shape index (κ3) is 7.69. The SMILES string of the molecule is COC[C@H]1CCCN1C(=O)C[C@@H]1CCN2C[C@@H]1CC(=O)N1C[C@@H](NC3CCOCC3)C[C@H]1C(=O)N1CCC(CC1)c1nc(c(C)s1)CC2=O. The molecular weight excluding hydrogens is 644 g/mol. The number of carbonyl (C=O) groups excluding carboxylic acids is 4. The Morgan fingerprint density at radius 1 is 0.959 bits per heavy atom. The number of fused-ring (bicyclic) bond motifs is 4. The Kier molecular flexibility index (Phi) is 10.9. The molecule has 1 aromatic heterocycles. The van der Waals surface area contributed by atoms with Crippen LogP contribution in [0.25, 0.3) is 0 Å². The van der Waals surface area contributed by atoms with E-state index < -0.39 is 6.04 Å². The number of nitrogens with one attached hydrogen (secondary N) is 1. The minimum absolute atomic E-state index is 0.0220. The van der Waals surface area contributed by atoms with Gasteiger partial charge in [-0.15, -0.1) is 11.3 Å². The maximum Gasteiger partial charge on any atom is 0.245 e. The molecule has 49 heavy (non-hydrogen) atoms. The molecule has 0 aliphatic carbocycles. The van der Waals surface area contributed by atoms with Crippen molar-refractivity contribution in [3.63, 3.8) is 0 Å². The molecule has 13 heteroatoms. The highest BCUT2D eigenvalue weighted by Crippen LogP contribution is 2.36. The average Bonchev–Trinajstić information content (AvgIpc) is 3.84. The third-order valence-electron chi connectivity index (χ3n) is 12.2. The van der Waals surface area contributed by atoms with Crippen molar-refractivity contribution in [3.05, 3.63) is 15.6 Å². The standard InChI is InChI=1S/C36H54N6O6S/c1-23-30-19-32(43)40-13-7-25(16-33(44)41-10-3-4-29(41)22-47-2)26(20-40)17-34(45)42-21-28(37-27-8-14-48-15-9-27)18-31(42)36(46)39-11-5-24(6-12-39)35(38-30)49-23/h24-29,31,37H,3-22H2,1-2H3/t25-,26-,28-,29+,31-/m0/s1. The number of hydrogen-bond donors (Lipinski definition) is 1. The Morgan fingerprint density at radius 2 is 1.73 bits per heavy atom. The van der Waals surface area contributed by atoms with E-state index in [1.54, 1.807) is 18.4 Å². The molecule has 1 N–H and O–H groups in total. The first-order valence-corrected chi connectivity index (χ1v) is 19.5. The number of hydrogen-bond acceptors (Lipinski definition) is 9. The number of nitrogens with zero attached hydrogens (tertiary/aromatic N) is 5. The molecule has 270 valence electrons. The van der Waals surface area contributed by atoms with Gasteiger partial charge in [0.1, 0.15) is 6.04 Å². The lowest BCUT2D eigenvalue weighted by Crippen LogP contribution is -2.51. The molecule has 0 unspecified atom stereocenters. The molecular formula is C36H54N6O6S. The zero-order valence-corrected chi connectivity index (χ0v) is 30.1. The molecule has 8 rings (SSSR count). The van der Waals surface area contributed by atoms with E-state index in [1.165, 1.54) is 0 Å². The Hall–Kier alpha value is -2.61.